The van der Waals surface area contributed by atoms with Crippen molar-refractivity contribution < 1.29 is 9.53 Å². The van der Waals surface area contributed by atoms with Crippen molar-refractivity contribution in [3.8, 4) is 16.9 Å². The van der Waals surface area contributed by atoms with E-state index in [2.05, 4.69) is 25.1 Å². The average molecular weight is 238 g/mol. The third kappa shape index (κ3) is 1.90. The van der Waals surface area contributed by atoms with Gasteiger partial charge in [-0.05, 0) is 30.2 Å². The first-order valence-corrected chi connectivity index (χ1v) is 6.11. The number of carbonyl (C=O) groups is 1. The van der Waals surface area contributed by atoms with Crippen molar-refractivity contribution in [2.45, 2.75) is 13.3 Å². The second kappa shape index (κ2) is 4.30. The zero-order chi connectivity index (χ0) is 12.5. The van der Waals surface area contributed by atoms with Gasteiger partial charge in [0.2, 0.25) is 0 Å². The highest BCUT2D eigenvalue weighted by molar-refractivity contribution is 6.00. The molecule has 2 heteroatoms. The van der Waals surface area contributed by atoms with Gasteiger partial charge in [0.25, 0.3) is 0 Å². The molecule has 0 unspecified atom stereocenters. The second-order valence-corrected chi connectivity index (χ2v) is 4.60. The molecule has 1 heterocycles. The molecule has 0 aromatic heterocycles. The van der Waals surface area contributed by atoms with Gasteiger partial charge in [-0.3, -0.25) is 4.79 Å². The van der Waals surface area contributed by atoms with Gasteiger partial charge < -0.3 is 4.74 Å². The predicted molar refractivity (Wildman–Crippen MR) is 71.1 cm³/mol. The number of carbonyl (C=O) groups excluding carboxylic acids is 1. The molecular formula is C16H14O2. The summed E-state index contributed by atoms with van der Waals surface area (Å²) in [4.78, 5) is 11.7. The highest BCUT2D eigenvalue weighted by Crippen LogP contribution is 2.30. The van der Waals surface area contributed by atoms with Gasteiger partial charge in [-0.15, -0.1) is 0 Å². The first-order chi connectivity index (χ1) is 8.74. The van der Waals surface area contributed by atoms with Crippen molar-refractivity contribution in [2.24, 2.45) is 0 Å². The molecular weight excluding hydrogens is 224 g/mol. The van der Waals surface area contributed by atoms with Crippen LogP contribution in [0.3, 0.4) is 0 Å². The van der Waals surface area contributed by atoms with Crippen LogP contribution < -0.4 is 4.74 Å². The molecule has 0 saturated heterocycles. The lowest BCUT2D eigenvalue weighted by Crippen LogP contribution is -2.15. The molecule has 18 heavy (non-hydrogen) atoms. The molecule has 0 bridgehead atoms. The van der Waals surface area contributed by atoms with Crippen LogP contribution >= 0.6 is 0 Å². The molecule has 0 radical (unpaired) electrons. The standard InChI is InChI=1S/C16H14O2/c1-11-3-2-4-12(9-11)13-5-6-14-15(17)7-8-18-16(14)10-13/h2-6,9-10H,7-8H2,1H3. The Morgan fingerprint density at radius 2 is 1.89 bits per heavy atom. The highest BCUT2D eigenvalue weighted by atomic mass is 16.5. The van der Waals surface area contributed by atoms with Crippen LogP contribution in [0.4, 0.5) is 0 Å². The largest absolute Gasteiger partial charge is 0.492 e. The molecule has 0 spiro atoms. The number of benzene rings is 2. The van der Waals surface area contributed by atoms with Crippen LogP contribution in [0.15, 0.2) is 42.5 Å². The summed E-state index contributed by atoms with van der Waals surface area (Å²) in [5.41, 5.74) is 4.17. The highest BCUT2D eigenvalue weighted by Gasteiger charge is 2.18. The summed E-state index contributed by atoms with van der Waals surface area (Å²) in [5.74, 6) is 0.886. The molecule has 0 atom stereocenters. The van der Waals surface area contributed by atoms with E-state index in [0.29, 0.717) is 24.3 Å². The zero-order valence-electron chi connectivity index (χ0n) is 10.3. The van der Waals surface area contributed by atoms with Crippen LogP contribution in [-0.2, 0) is 0 Å². The van der Waals surface area contributed by atoms with Gasteiger partial charge in [0.05, 0.1) is 12.2 Å². The van der Waals surface area contributed by atoms with E-state index in [1.807, 2.05) is 24.3 Å². The number of Topliss-reactive ketones (excluding diaryl/α,β-unsaturated/α-hetero) is 1. The number of hydrogen-bond donors (Lipinski definition) is 0. The van der Waals surface area contributed by atoms with Crippen molar-refractivity contribution in [1.29, 1.82) is 0 Å². The van der Waals surface area contributed by atoms with Crippen molar-refractivity contribution in [3.05, 3.63) is 53.6 Å². The van der Waals surface area contributed by atoms with Crippen molar-refractivity contribution in [3.63, 3.8) is 0 Å². The Labute approximate surface area is 106 Å². The molecule has 2 aromatic carbocycles. The average Bonchev–Trinajstić information content (AvgIpc) is 2.39. The lowest BCUT2D eigenvalue weighted by atomic mass is 9.98. The molecule has 1 aliphatic heterocycles. The number of aryl methyl sites for hydroxylation is 1. The van der Waals surface area contributed by atoms with E-state index in [9.17, 15) is 4.79 Å². The van der Waals surface area contributed by atoms with Crippen molar-refractivity contribution in [1.82, 2.24) is 0 Å². The summed E-state index contributed by atoms with van der Waals surface area (Å²) in [6.45, 7) is 2.56. The van der Waals surface area contributed by atoms with Crippen LogP contribution in [0.2, 0.25) is 0 Å². The first kappa shape index (κ1) is 11.0. The van der Waals surface area contributed by atoms with E-state index in [0.717, 1.165) is 11.1 Å². The number of rotatable bonds is 1. The fourth-order valence-electron chi connectivity index (χ4n) is 2.26. The Balaban J connectivity index is 2.07. The summed E-state index contributed by atoms with van der Waals surface area (Å²) in [6, 6.07) is 14.1. The van der Waals surface area contributed by atoms with Crippen molar-refractivity contribution in [2.75, 3.05) is 6.61 Å². The molecule has 0 N–H and O–H groups in total. The smallest absolute Gasteiger partial charge is 0.169 e. The Hall–Kier alpha value is -2.09. The third-order valence-electron chi connectivity index (χ3n) is 3.22. The predicted octanol–water partition coefficient (Wildman–Crippen LogP) is 3.63. The van der Waals surface area contributed by atoms with Crippen LogP contribution in [0, 0.1) is 6.92 Å². The maximum atomic E-state index is 11.7. The fourth-order valence-corrected chi connectivity index (χ4v) is 2.26. The lowest BCUT2D eigenvalue weighted by Gasteiger charge is -2.17. The van der Waals surface area contributed by atoms with Gasteiger partial charge in [0.15, 0.2) is 5.78 Å². The van der Waals surface area contributed by atoms with Crippen LogP contribution in [0.1, 0.15) is 22.3 Å². The molecule has 2 nitrogen and oxygen atoms in total. The minimum Gasteiger partial charge on any atom is -0.492 e. The Morgan fingerprint density at radius 3 is 2.72 bits per heavy atom. The Morgan fingerprint density at radius 1 is 1.06 bits per heavy atom. The summed E-state index contributed by atoms with van der Waals surface area (Å²) < 4.78 is 5.57. The van der Waals surface area contributed by atoms with Gasteiger partial charge in [-0.2, -0.15) is 0 Å². The quantitative estimate of drug-likeness (QED) is 0.758. The van der Waals surface area contributed by atoms with E-state index in [-0.39, 0.29) is 5.78 Å². The summed E-state index contributed by atoms with van der Waals surface area (Å²) in [6.07, 6.45) is 0.483. The Kier molecular flexibility index (Phi) is 2.63. The van der Waals surface area contributed by atoms with E-state index >= 15 is 0 Å². The first-order valence-electron chi connectivity index (χ1n) is 6.11. The molecule has 2 aromatic rings. The van der Waals surface area contributed by atoms with E-state index in [4.69, 9.17) is 4.74 Å². The van der Waals surface area contributed by atoms with Crippen molar-refractivity contribution >= 4 is 5.78 Å². The third-order valence-corrected chi connectivity index (χ3v) is 3.22. The maximum absolute atomic E-state index is 11.7. The van der Waals surface area contributed by atoms with Gasteiger partial charge in [-0.25, -0.2) is 0 Å². The van der Waals surface area contributed by atoms with E-state index < -0.39 is 0 Å². The monoisotopic (exact) mass is 238 g/mol. The molecule has 1 aliphatic rings. The minimum atomic E-state index is 0.173. The topological polar surface area (TPSA) is 26.3 Å². The van der Waals surface area contributed by atoms with E-state index in [1.165, 1.54) is 5.56 Å². The minimum absolute atomic E-state index is 0.173. The molecule has 0 saturated carbocycles. The maximum Gasteiger partial charge on any atom is 0.169 e. The number of ketones is 1. The summed E-state index contributed by atoms with van der Waals surface area (Å²) in [5, 5.41) is 0. The van der Waals surface area contributed by atoms with Crippen LogP contribution in [0.25, 0.3) is 11.1 Å². The fraction of sp³-hybridized carbons (Fsp3) is 0.188. The van der Waals surface area contributed by atoms with Gasteiger partial charge in [-0.1, -0.05) is 35.9 Å². The number of fused-ring (bicyclic) bond motifs is 1. The van der Waals surface area contributed by atoms with Gasteiger partial charge in [0, 0.05) is 6.42 Å². The molecule has 0 fully saturated rings. The lowest BCUT2D eigenvalue weighted by molar-refractivity contribution is 0.0933. The summed E-state index contributed by atoms with van der Waals surface area (Å²) >= 11 is 0. The molecule has 0 amide bonds. The number of hydrogen-bond acceptors (Lipinski definition) is 2. The molecule has 3 rings (SSSR count). The normalized spacial score (nSPS) is 13.9. The number of ether oxygens (including phenoxy) is 1. The van der Waals surface area contributed by atoms with Gasteiger partial charge >= 0.3 is 0 Å². The van der Waals surface area contributed by atoms with Crippen LogP contribution in [0.5, 0.6) is 5.75 Å². The second-order valence-electron chi connectivity index (χ2n) is 4.60. The molecule has 0 aliphatic carbocycles. The van der Waals surface area contributed by atoms with Crippen LogP contribution in [-0.4, -0.2) is 12.4 Å². The SMILES string of the molecule is Cc1cccc(-c2ccc3c(c2)OCCC3=O)c1. The van der Waals surface area contributed by atoms with E-state index in [1.54, 1.807) is 0 Å². The zero-order valence-corrected chi connectivity index (χ0v) is 10.3. The molecule has 90 valence electrons. The summed E-state index contributed by atoms with van der Waals surface area (Å²) in [7, 11) is 0. The Bertz CT molecular complexity index is 614. The van der Waals surface area contributed by atoms with Gasteiger partial charge in [0.1, 0.15) is 5.75 Å².